The molecule has 2 atom stereocenters. The Hall–Kier alpha value is -1.10. The molecule has 0 aromatic carbocycles. The Labute approximate surface area is 89.6 Å². The number of hydrogen-bond acceptors (Lipinski definition) is 4. The van der Waals surface area contributed by atoms with Crippen molar-refractivity contribution in [2.75, 3.05) is 20.2 Å². The van der Waals surface area contributed by atoms with E-state index in [9.17, 15) is 9.59 Å². The van der Waals surface area contributed by atoms with Crippen LogP contribution in [0.1, 0.15) is 19.8 Å². The number of hydrogen-bond donors (Lipinski definition) is 2. The number of amides is 1. The van der Waals surface area contributed by atoms with E-state index in [2.05, 4.69) is 10.6 Å². The summed E-state index contributed by atoms with van der Waals surface area (Å²) in [7, 11) is 1.62. The third-order valence-corrected chi connectivity index (χ3v) is 2.60. The van der Waals surface area contributed by atoms with Gasteiger partial charge in [0.2, 0.25) is 5.91 Å². The van der Waals surface area contributed by atoms with Crippen molar-refractivity contribution in [1.29, 1.82) is 0 Å². The lowest BCUT2D eigenvalue weighted by atomic mass is 9.94. The maximum atomic E-state index is 11.4. The highest BCUT2D eigenvalue weighted by atomic mass is 16.5. The Morgan fingerprint density at radius 3 is 2.67 bits per heavy atom. The molecule has 1 aliphatic rings. The Bertz CT molecular complexity index is 235. The third kappa shape index (κ3) is 3.20. The Morgan fingerprint density at radius 1 is 1.47 bits per heavy atom. The molecule has 1 amide bonds. The van der Waals surface area contributed by atoms with E-state index in [1.54, 1.807) is 14.0 Å². The summed E-state index contributed by atoms with van der Waals surface area (Å²) in [6, 6.07) is -0.245. The van der Waals surface area contributed by atoms with Gasteiger partial charge in [-0.3, -0.25) is 9.59 Å². The maximum Gasteiger partial charge on any atom is 0.323 e. The van der Waals surface area contributed by atoms with Crippen LogP contribution in [0.15, 0.2) is 0 Å². The molecule has 0 aromatic rings. The van der Waals surface area contributed by atoms with E-state index in [-0.39, 0.29) is 23.8 Å². The predicted molar refractivity (Wildman–Crippen MR) is 55.2 cm³/mol. The molecule has 5 heteroatoms. The van der Waals surface area contributed by atoms with E-state index in [4.69, 9.17) is 4.74 Å². The summed E-state index contributed by atoms with van der Waals surface area (Å²) in [5.41, 5.74) is 0. The van der Waals surface area contributed by atoms with Crippen LogP contribution in [0.2, 0.25) is 0 Å². The number of esters is 1. The second kappa shape index (κ2) is 5.70. The Balaban J connectivity index is 2.35. The summed E-state index contributed by atoms with van der Waals surface area (Å²) in [6.07, 6.45) is 1.40. The van der Waals surface area contributed by atoms with E-state index in [1.165, 1.54) is 0 Å². The fourth-order valence-corrected chi connectivity index (χ4v) is 1.73. The monoisotopic (exact) mass is 214 g/mol. The number of carbonyl (C=O) groups excluding carboxylic acids is 2. The van der Waals surface area contributed by atoms with Crippen LogP contribution in [0, 0.1) is 5.92 Å². The van der Waals surface area contributed by atoms with Crippen molar-refractivity contribution >= 4 is 11.9 Å². The number of ether oxygens (including phenoxy) is 1. The molecule has 15 heavy (non-hydrogen) atoms. The molecular weight excluding hydrogens is 196 g/mol. The van der Waals surface area contributed by atoms with Gasteiger partial charge in [-0.2, -0.15) is 0 Å². The lowest BCUT2D eigenvalue weighted by Gasteiger charge is -2.27. The first-order valence-corrected chi connectivity index (χ1v) is 5.30. The van der Waals surface area contributed by atoms with Gasteiger partial charge in [0.15, 0.2) is 0 Å². The largest absolute Gasteiger partial charge is 0.465 e. The topological polar surface area (TPSA) is 67.4 Å². The van der Waals surface area contributed by atoms with Gasteiger partial charge in [0, 0.05) is 13.6 Å². The molecule has 1 rings (SSSR count). The van der Waals surface area contributed by atoms with Crippen LogP contribution >= 0.6 is 0 Å². The first kappa shape index (κ1) is 12.0. The summed E-state index contributed by atoms with van der Waals surface area (Å²) in [4.78, 5) is 22.7. The molecule has 0 bridgehead atoms. The molecule has 0 spiro atoms. The maximum absolute atomic E-state index is 11.4. The summed E-state index contributed by atoms with van der Waals surface area (Å²) >= 11 is 0. The van der Waals surface area contributed by atoms with Crippen molar-refractivity contribution in [1.82, 2.24) is 10.6 Å². The minimum absolute atomic E-state index is 0.0272. The van der Waals surface area contributed by atoms with Crippen molar-refractivity contribution in [3.8, 4) is 0 Å². The van der Waals surface area contributed by atoms with Crippen molar-refractivity contribution in [3.63, 3.8) is 0 Å². The van der Waals surface area contributed by atoms with Crippen molar-refractivity contribution in [3.05, 3.63) is 0 Å². The predicted octanol–water partition coefficient (Wildman–Crippen LogP) is -0.336. The lowest BCUT2D eigenvalue weighted by Crippen LogP contribution is -2.48. The fourth-order valence-electron chi connectivity index (χ4n) is 1.73. The summed E-state index contributed by atoms with van der Waals surface area (Å²) < 4.78 is 4.90. The molecule has 0 aliphatic carbocycles. The molecule has 0 radical (unpaired) electrons. The van der Waals surface area contributed by atoms with Crippen LogP contribution in [0.3, 0.4) is 0 Å². The fraction of sp³-hybridized carbons (Fsp3) is 0.800. The highest BCUT2D eigenvalue weighted by Gasteiger charge is 2.29. The average molecular weight is 214 g/mol. The molecule has 2 N–H and O–H groups in total. The Kier molecular flexibility index (Phi) is 4.55. The molecule has 5 nitrogen and oxygen atoms in total. The van der Waals surface area contributed by atoms with Gasteiger partial charge in [-0.15, -0.1) is 0 Å². The second-order valence-corrected chi connectivity index (χ2v) is 3.60. The first-order chi connectivity index (χ1) is 7.19. The van der Waals surface area contributed by atoms with Crippen LogP contribution in [0.4, 0.5) is 0 Å². The molecule has 1 heterocycles. The summed E-state index contributed by atoms with van der Waals surface area (Å²) in [5, 5.41) is 5.64. The molecule has 0 aromatic heterocycles. The molecular formula is C10H18N2O3. The van der Waals surface area contributed by atoms with E-state index in [1.807, 2.05) is 0 Å². The molecule has 1 aliphatic heterocycles. The molecule has 1 saturated heterocycles. The van der Waals surface area contributed by atoms with Crippen LogP contribution in [-0.2, 0) is 14.3 Å². The van der Waals surface area contributed by atoms with Gasteiger partial charge in [-0.25, -0.2) is 0 Å². The van der Waals surface area contributed by atoms with E-state index >= 15 is 0 Å². The van der Waals surface area contributed by atoms with Gasteiger partial charge in [0.25, 0.3) is 0 Å². The van der Waals surface area contributed by atoms with Gasteiger partial charge in [0.05, 0.1) is 12.5 Å². The molecule has 86 valence electrons. The number of rotatable bonds is 3. The highest BCUT2D eigenvalue weighted by Crippen LogP contribution is 2.15. The number of nitrogens with one attached hydrogen (secondary N) is 2. The van der Waals surface area contributed by atoms with Gasteiger partial charge < -0.3 is 15.4 Å². The van der Waals surface area contributed by atoms with Gasteiger partial charge in [-0.05, 0) is 19.8 Å². The van der Waals surface area contributed by atoms with Crippen LogP contribution < -0.4 is 10.6 Å². The van der Waals surface area contributed by atoms with Crippen LogP contribution in [0.25, 0.3) is 0 Å². The Morgan fingerprint density at radius 2 is 2.20 bits per heavy atom. The van der Waals surface area contributed by atoms with Crippen molar-refractivity contribution < 1.29 is 14.3 Å². The first-order valence-electron chi connectivity index (χ1n) is 5.30. The van der Waals surface area contributed by atoms with Crippen LogP contribution in [0.5, 0.6) is 0 Å². The van der Waals surface area contributed by atoms with Crippen molar-refractivity contribution in [2.24, 2.45) is 5.92 Å². The average Bonchev–Trinajstić information content (AvgIpc) is 2.28. The minimum Gasteiger partial charge on any atom is -0.465 e. The van der Waals surface area contributed by atoms with Gasteiger partial charge in [-0.1, -0.05) is 0 Å². The van der Waals surface area contributed by atoms with E-state index < -0.39 is 0 Å². The third-order valence-electron chi connectivity index (χ3n) is 2.60. The molecule has 2 unspecified atom stereocenters. The van der Waals surface area contributed by atoms with E-state index in [0.717, 1.165) is 6.42 Å². The minimum atomic E-state index is -0.245. The molecule has 1 fully saturated rings. The zero-order valence-corrected chi connectivity index (χ0v) is 9.21. The smallest absolute Gasteiger partial charge is 0.323 e. The highest BCUT2D eigenvalue weighted by molar-refractivity contribution is 5.80. The quantitative estimate of drug-likeness (QED) is 0.631. The molecule has 0 saturated carbocycles. The SMILES string of the molecule is CCOC(=O)C1CCC(C(=O)NC)CN1. The van der Waals surface area contributed by atoms with Crippen LogP contribution in [-0.4, -0.2) is 38.1 Å². The lowest BCUT2D eigenvalue weighted by molar-refractivity contribution is -0.147. The van der Waals surface area contributed by atoms with Gasteiger partial charge >= 0.3 is 5.97 Å². The number of carbonyl (C=O) groups is 2. The summed E-state index contributed by atoms with van der Waals surface area (Å²) in [6.45, 7) is 2.73. The normalized spacial score (nSPS) is 25.7. The van der Waals surface area contributed by atoms with Crippen molar-refractivity contribution in [2.45, 2.75) is 25.8 Å². The zero-order valence-electron chi connectivity index (χ0n) is 9.21. The standard InChI is InChI=1S/C10H18N2O3/c1-3-15-10(14)8-5-4-7(6-12-8)9(13)11-2/h7-8,12H,3-6H2,1-2H3,(H,11,13). The second-order valence-electron chi connectivity index (χ2n) is 3.60. The van der Waals surface area contributed by atoms with Gasteiger partial charge in [0.1, 0.15) is 6.04 Å². The number of piperidine rings is 1. The zero-order chi connectivity index (χ0) is 11.3. The van der Waals surface area contributed by atoms with E-state index in [0.29, 0.717) is 19.6 Å². The summed E-state index contributed by atoms with van der Waals surface area (Å²) in [5.74, 6) is -0.210.